The minimum atomic E-state index is -3.67. The van der Waals surface area contributed by atoms with Crippen molar-refractivity contribution in [1.29, 1.82) is 0 Å². The van der Waals surface area contributed by atoms with Crippen LogP contribution in [0.2, 0.25) is 0 Å². The van der Waals surface area contributed by atoms with Gasteiger partial charge >= 0.3 is 0 Å². The molecule has 1 heterocycles. The van der Waals surface area contributed by atoms with Gasteiger partial charge in [-0.15, -0.1) is 0 Å². The molecule has 0 bridgehead atoms. The Kier molecular flexibility index (Phi) is 7.84. The molecule has 1 N–H and O–H groups in total. The van der Waals surface area contributed by atoms with Crippen LogP contribution in [0, 0.1) is 0 Å². The van der Waals surface area contributed by atoms with E-state index < -0.39 is 10.0 Å². The van der Waals surface area contributed by atoms with E-state index in [-0.39, 0.29) is 18.2 Å². The van der Waals surface area contributed by atoms with Gasteiger partial charge in [-0.25, -0.2) is 8.42 Å². The first-order valence-electron chi connectivity index (χ1n) is 10.9. The fraction of sp³-hybridized carbons (Fsp3) is 0.435. The van der Waals surface area contributed by atoms with Crippen LogP contribution in [0.3, 0.4) is 0 Å². The molecule has 0 unspecified atom stereocenters. The molecule has 0 atom stereocenters. The van der Waals surface area contributed by atoms with Crippen molar-refractivity contribution in [3.8, 4) is 11.5 Å². The zero-order valence-electron chi connectivity index (χ0n) is 18.8. The van der Waals surface area contributed by atoms with Crippen molar-refractivity contribution >= 4 is 27.3 Å². The predicted octanol–water partition coefficient (Wildman–Crippen LogP) is 2.78. The highest BCUT2D eigenvalue weighted by Crippen LogP contribution is 2.34. The standard InChI is InChI=1S/C23H31N3O5S/c1-4-25(5-2)19-9-7-18(8-10-19)16-24-23(27)17-26(32(28,29)6-3)20-11-12-21-22(15-20)31-14-13-30-21/h7-12,15H,4-6,13-14,16-17H2,1-3H3,(H,24,27). The molecule has 0 saturated carbocycles. The zero-order chi connectivity index (χ0) is 23.1. The second-order valence-corrected chi connectivity index (χ2v) is 9.53. The van der Waals surface area contributed by atoms with E-state index in [4.69, 9.17) is 9.47 Å². The zero-order valence-corrected chi connectivity index (χ0v) is 19.7. The molecular weight excluding hydrogens is 430 g/mol. The summed E-state index contributed by atoms with van der Waals surface area (Å²) in [6, 6.07) is 12.9. The van der Waals surface area contributed by atoms with Crippen LogP contribution < -0.4 is 24.0 Å². The molecule has 0 aromatic heterocycles. The smallest absolute Gasteiger partial charge is 0.241 e. The molecule has 9 heteroatoms. The van der Waals surface area contributed by atoms with E-state index in [2.05, 4.69) is 24.1 Å². The number of nitrogens with one attached hydrogen (secondary N) is 1. The quantitative estimate of drug-likeness (QED) is 0.585. The van der Waals surface area contributed by atoms with Crippen LogP contribution in [0.5, 0.6) is 11.5 Å². The highest BCUT2D eigenvalue weighted by molar-refractivity contribution is 7.92. The maximum atomic E-state index is 12.7. The number of fused-ring (bicyclic) bond motifs is 1. The first-order chi connectivity index (χ1) is 15.4. The Morgan fingerprint density at radius 3 is 2.19 bits per heavy atom. The molecule has 3 rings (SSSR count). The lowest BCUT2D eigenvalue weighted by atomic mass is 10.2. The SMILES string of the molecule is CCN(CC)c1ccc(CNC(=O)CN(c2ccc3c(c2)OCCO3)S(=O)(=O)CC)cc1. The molecule has 0 fully saturated rings. The van der Waals surface area contributed by atoms with Crippen LogP contribution in [-0.2, 0) is 21.4 Å². The van der Waals surface area contributed by atoms with Crippen molar-refractivity contribution in [2.75, 3.05) is 47.8 Å². The van der Waals surface area contributed by atoms with Gasteiger partial charge in [-0.05, 0) is 50.6 Å². The summed E-state index contributed by atoms with van der Waals surface area (Å²) in [7, 11) is -3.67. The molecule has 1 amide bonds. The van der Waals surface area contributed by atoms with Gasteiger partial charge in [0.2, 0.25) is 15.9 Å². The number of hydrogen-bond acceptors (Lipinski definition) is 6. The minimum absolute atomic E-state index is 0.123. The summed E-state index contributed by atoms with van der Waals surface area (Å²) >= 11 is 0. The van der Waals surface area contributed by atoms with Crippen molar-refractivity contribution in [2.45, 2.75) is 27.3 Å². The predicted molar refractivity (Wildman–Crippen MR) is 126 cm³/mol. The number of rotatable bonds is 10. The molecule has 1 aliphatic rings. The van der Waals surface area contributed by atoms with Gasteiger partial charge in [0.15, 0.2) is 11.5 Å². The van der Waals surface area contributed by atoms with Crippen molar-refractivity contribution in [3.63, 3.8) is 0 Å². The molecule has 0 radical (unpaired) electrons. The number of ether oxygens (including phenoxy) is 2. The lowest BCUT2D eigenvalue weighted by molar-refractivity contribution is -0.119. The molecule has 174 valence electrons. The number of sulfonamides is 1. The van der Waals surface area contributed by atoms with E-state index in [0.717, 1.165) is 28.6 Å². The summed E-state index contributed by atoms with van der Waals surface area (Å²) < 4.78 is 37.6. The van der Waals surface area contributed by atoms with Crippen LogP contribution in [0.4, 0.5) is 11.4 Å². The third kappa shape index (κ3) is 5.64. The Morgan fingerprint density at radius 2 is 1.56 bits per heavy atom. The molecule has 0 aliphatic carbocycles. The lowest BCUT2D eigenvalue weighted by Crippen LogP contribution is -2.41. The monoisotopic (exact) mass is 461 g/mol. The van der Waals surface area contributed by atoms with Gasteiger partial charge in [-0.3, -0.25) is 9.10 Å². The van der Waals surface area contributed by atoms with E-state index >= 15 is 0 Å². The molecule has 32 heavy (non-hydrogen) atoms. The molecule has 2 aromatic rings. The summed E-state index contributed by atoms with van der Waals surface area (Å²) in [6.07, 6.45) is 0. The van der Waals surface area contributed by atoms with Crippen molar-refractivity contribution in [1.82, 2.24) is 5.32 Å². The Morgan fingerprint density at radius 1 is 0.938 bits per heavy atom. The topological polar surface area (TPSA) is 88.2 Å². The average molecular weight is 462 g/mol. The number of carbonyl (C=O) groups excluding carboxylic acids is 1. The lowest BCUT2D eigenvalue weighted by Gasteiger charge is -2.25. The number of hydrogen-bond donors (Lipinski definition) is 1. The van der Waals surface area contributed by atoms with Crippen LogP contribution in [0.25, 0.3) is 0 Å². The molecule has 1 aliphatic heterocycles. The van der Waals surface area contributed by atoms with Gasteiger partial charge < -0.3 is 19.7 Å². The fourth-order valence-electron chi connectivity index (χ4n) is 3.49. The van der Waals surface area contributed by atoms with Crippen LogP contribution in [-0.4, -0.2) is 52.9 Å². The molecule has 8 nitrogen and oxygen atoms in total. The normalized spacial score (nSPS) is 12.8. The number of nitrogens with zero attached hydrogens (tertiary/aromatic N) is 2. The van der Waals surface area contributed by atoms with Gasteiger partial charge in [0.05, 0.1) is 11.4 Å². The van der Waals surface area contributed by atoms with Gasteiger partial charge in [-0.2, -0.15) is 0 Å². The van der Waals surface area contributed by atoms with Gasteiger partial charge in [0.25, 0.3) is 0 Å². The summed E-state index contributed by atoms with van der Waals surface area (Å²) in [5.74, 6) is 0.525. The molecule has 0 saturated heterocycles. The number of amides is 1. The van der Waals surface area contributed by atoms with E-state index in [0.29, 0.717) is 36.9 Å². The average Bonchev–Trinajstić information content (AvgIpc) is 2.82. The maximum Gasteiger partial charge on any atom is 0.241 e. The second kappa shape index (κ2) is 10.6. The molecular formula is C23H31N3O5S. The Bertz CT molecular complexity index is 1020. The Balaban J connectivity index is 1.68. The summed E-state index contributed by atoms with van der Waals surface area (Å²) in [4.78, 5) is 14.9. The van der Waals surface area contributed by atoms with Gasteiger partial charge in [0.1, 0.15) is 19.8 Å². The molecule has 0 spiro atoms. The summed E-state index contributed by atoms with van der Waals surface area (Å²) in [5.41, 5.74) is 2.44. The van der Waals surface area contributed by atoms with Crippen LogP contribution in [0.15, 0.2) is 42.5 Å². The van der Waals surface area contributed by atoms with Crippen molar-refractivity contribution in [2.24, 2.45) is 0 Å². The third-order valence-corrected chi connectivity index (χ3v) is 7.10. The number of anilines is 2. The molecule has 2 aromatic carbocycles. The largest absolute Gasteiger partial charge is 0.486 e. The van der Waals surface area contributed by atoms with Crippen LogP contribution in [0.1, 0.15) is 26.3 Å². The van der Waals surface area contributed by atoms with Crippen molar-refractivity contribution in [3.05, 3.63) is 48.0 Å². The number of carbonyl (C=O) groups is 1. The highest BCUT2D eigenvalue weighted by atomic mass is 32.2. The highest BCUT2D eigenvalue weighted by Gasteiger charge is 2.25. The van der Waals surface area contributed by atoms with Crippen LogP contribution >= 0.6 is 0 Å². The third-order valence-electron chi connectivity index (χ3n) is 5.36. The number of benzene rings is 2. The Hall–Kier alpha value is -2.94. The first kappa shape index (κ1) is 23.7. The van der Waals surface area contributed by atoms with Crippen molar-refractivity contribution < 1.29 is 22.7 Å². The van der Waals surface area contributed by atoms with E-state index in [9.17, 15) is 13.2 Å². The Labute approximate surface area is 190 Å². The fourth-order valence-corrected chi connectivity index (χ4v) is 4.55. The van der Waals surface area contributed by atoms with E-state index in [1.165, 1.54) is 0 Å². The first-order valence-corrected chi connectivity index (χ1v) is 12.5. The summed E-state index contributed by atoms with van der Waals surface area (Å²) in [6.45, 7) is 8.46. The van der Waals surface area contributed by atoms with E-state index in [1.54, 1.807) is 25.1 Å². The van der Waals surface area contributed by atoms with Gasteiger partial charge in [-0.1, -0.05) is 12.1 Å². The van der Waals surface area contributed by atoms with Gasteiger partial charge in [0, 0.05) is 31.4 Å². The summed E-state index contributed by atoms with van der Waals surface area (Å²) in [5, 5.41) is 2.82. The minimum Gasteiger partial charge on any atom is -0.486 e. The van der Waals surface area contributed by atoms with E-state index in [1.807, 2.05) is 24.3 Å². The maximum absolute atomic E-state index is 12.7. The second-order valence-electron chi connectivity index (χ2n) is 7.35.